The van der Waals surface area contributed by atoms with Crippen LogP contribution >= 0.6 is 0 Å². The van der Waals surface area contributed by atoms with Crippen LogP contribution in [0.15, 0.2) is 12.2 Å². The lowest BCUT2D eigenvalue weighted by atomic mass is 9.99. The van der Waals surface area contributed by atoms with Gasteiger partial charge in [-0.3, -0.25) is 0 Å². The van der Waals surface area contributed by atoms with Crippen molar-refractivity contribution in [3.63, 3.8) is 0 Å². The lowest BCUT2D eigenvalue weighted by Crippen LogP contribution is -1.90. The Labute approximate surface area is 84.4 Å². The highest BCUT2D eigenvalue weighted by molar-refractivity contribution is 4.94. The summed E-state index contributed by atoms with van der Waals surface area (Å²) in [4.78, 5) is 0. The molecule has 0 unspecified atom stereocenters. The molecule has 0 aliphatic carbocycles. The zero-order valence-corrected chi connectivity index (χ0v) is 9.73. The molecule has 0 aliphatic heterocycles. The fourth-order valence-corrected chi connectivity index (χ4v) is 1.66. The highest BCUT2D eigenvalue weighted by Gasteiger charge is 1.98. The first-order valence-corrected chi connectivity index (χ1v) is 5.83. The van der Waals surface area contributed by atoms with Gasteiger partial charge in [-0.15, -0.1) is 0 Å². The van der Waals surface area contributed by atoms with Gasteiger partial charge in [0.1, 0.15) is 0 Å². The van der Waals surface area contributed by atoms with Crippen molar-refractivity contribution in [2.75, 3.05) is 0 Å². The van der Waals surface area contributed by atoms with E-state index in [9.17, 15) is 0 Å². The molecule has 0 aromatic heterocycles. The van der Waals surface area contributed by atoms with Gasteiger partial charge in [0.2, 0.25) is 0 Å². The third-order valence-corrected chi connectivity index (χ3v) is 2.33. The Morgan fingerprint density at radius 2 is 1.69 bits per heavy atom. The van der Waals surface area contributed by atoms with Crippen LogP contribution in [0.3, 0.4) is 0 Å². The lowest BCUT2D eigenvalue weighted by Gasteiger charge is -2.07. The van der Waals surface area contributed by atoms with E-state index in [1.807, 2.05) is 0 Å². The Morgan fingerprint density at radius 1 is 1.08 bits per heavy atom. The van der Waals surface area contributed by atoms with Crippen LogP contribution < -0.4 is 0 Å². The Balaban J connectivity index is 3.17. The standard InChI is InChI=1S/C13H26/c1-5-6-7-8-9-10-13(4)11-12(2)3/h12H,4-11H2,1-3H3. The summed E-state index contributed by atoms with van der Waals surface area (Å²) in [6.45, 7) is 10.9. The maximum absolute atomic E-state index is 4.11. The lowest BCUT2D eigenvalue weighted by molar-refractivity contribution is 0.590. The van der Waals surface area contributed by atoms with Gasteiger partial charge in [0.25, 0.3) is 0 Å². The molecule has 0 aromatic rings. The maximum Gasteiger partial charge on any atom is -0.0300 e. The summed E-state index contributed by atoms with van der Waals surface area (Å²) in [5.41, 5.74) is 1.45. The van der Waals surface area contributed by atoms with Gasteiger partial charge in [0.15, 0.2) is 0 Å². The van der Waals surface area contributed by atoms with Crippen LogP contribution in [0, 0.1) is 5.92 Å². The van der Waals surface area contributed by atoms with Crippen molar-refractivity contribution in [3.8, 4) is 0 Å². The molecule has 0 spiro atoms. The summed E-state index contributed by atoms with van der Waals surface area (Å²) in [6.07, 6.45) is 9.36. The van der Waals surface area contributed by atoms with E-state index in [1.165, 1.54) is 50.5 Å². The minimum atomic E-state index is 0.781. The van der Waals surface area contributed by atoms with Crippen molar-refractivity contribution in [1.29, 1.82) is 0 Å². The van der Waals surface area contributed by atoms with Gasteiger partial charge >= 0.3 is 0 Å². The minimum absolute atomic E-state index is 0.781. The molecule has 78 valence electrons. The van der Waals surface area contributed by atoms with Gasteiger partial charge in [-0.25, -0.2) is 0 Å². The molecule has 0 fully saturated rings. The normalized spacial score (nSPS) is 10.8. The van der Waals surface area contributed by atoms with Gasteiger partial charge < -0.3 is 0 Å². The van der Waals surface area contributed by atoms with Gasteiger partial charge in [0, 0.05) is 0 Å². The van der Waals surface area contributed by atoms with E-state index >= 15 is 0 Å². The zero-order chi connectivity index (χ0) is 10.1. The number of unbranched alkanes of at least 4 members (excludes halogenated alkanes) is 4. The fourth-order valence-electron chi connectivity index (χ4n) is 1.66. The molecule has 0 heteroatoms. The predicted molar refractivity (Wildman–Crippen MR) is 62.0 cm³/mol. The van der Waals surface area contributed by atoms with Crippen molar-refractivity contribution in [2.45, 2.75) is 65.7 Å². The van der Waals surface area contributed by atoms with Crippen LogP contribution in [0.4, 0.5) is 0 Å². The predicted octanol–water partition coefficient (Wildman–Crippen LogP) is 4.95. The van der Waals surface area contributed by atoms with Gasteiger partial charge in [-0.2, -0.15) is 0 Å². The van der Waals surface area contributed by atoms with Crippen LogP contribution in [0.5, 0.6) is 0 Å². The topological polar surface area (TPSA) is 0 Å². The molecule has 0 radical (unpaired) electrons. The van der Waals surface area contributed by atoms with Crippen LogP contribution in [0.1, 0.15) is 65.7 Å². The molecule has 0 aromatic carbocycles. The summed E-state index contributed by atoms with van der Waals surface area (Å²) in [6, 6.07) is 0. The second kappa shape index (κ2) is 8.34. The average molecular weight is 182 g/mol. The molecule has 0 heterocycles. The summed E-state index contributed by atoms with van der Waals surface area (Å²) < 4.78 is 0. The van der Waals surface area contributed by atoms with Crippen LogP contribution in [0.25, 0.3) is 0 Å². The van der Waals surface area contributed by atoms with Crippen molar-refractivity contribution in [2.24, 2.45) is 5.92 Å². The summed E-state index contributed by atoms with van der Waals surface area (Å²) in [5, 5.41) is 0. The van der Waals surface area contributed by atoms with E-state index < -0.39 is 0 Å². The Hall–Kier alpha value is -0.260. The Morgan fingerprint density at radius 3 is 2.23 bits per heavy atom. The minimum Gasteiger partial charge on any atom is -0.0999 e. The number of hydrogen-bond acceptors (Lipinski definition) is 0. The van der Waals surface area contributed by atoms with E-state index in [0.717, 1.165) is 5.92 Å². The van der Waals surface area contributed by atoms with Crippen molar-refractivity contribution in [3.05, 3.63) is 12.2 Å². The first kappa shape index (κ1) is 12.7. The second-order valence-electron chi connectivity index (χ2n) is 4.51. The molecule has 0 nitrogen and oxygen atoms in total. The smallest absolute Gasteiger partial charge is 0.0300 e. The highest BCUT2D eigenvalue weighted by atomic mass is 14.0. The number of rotatable bonds is 8. The Kier molecular flexibility index (Phi) is 8.18. The molecule has 0 atom stereocenters. The first-order chi connectivity index (χ1) is 6.16. The van der Waals surface area contributed by atoms with E-state index in [2.05, 4.69) is 27.4 Å². The van der Waals surface area contributed by atoms with E-state index in [-0.39, 0.29) is 0 Å². The molecule has 13 heavy (non-hydrogen) atoms. The fraction of sp³-hybridized carbons (Fsp3) is 0.846. The molecule has 0 aliphatic rings. The zero-order valence-electron chi connectivity index (χ0n) is 9.73. The van der Waals surface area contributed by atoms with Crippen molar-refractivity contribution in [1.82, 2.24) is 0 Å². The molecule has 0 saturated carbocycles. The summed E-state index contributed by atoms with van der Waals surface area (Å²) in [7, 11) is 0. The summed E-state index contributed by atoms with van der Waals surface area (Å²) in [5.74, 6) is 0.781. The molecular formula is C13H26. The SMILES string of the molecule is C=C(CCCCCCC)CC(C)C. The number of allylic oxidation sites excluding steroid dienone is 1. The molecule has 0 rings (SSSR count). The Bertz CT molecular complexity index is 122. The van der Waals surface area contributed by atoms with Gasteiger partial charge in [0.05, 0.1) is 0 Å². The van der Waals surface area contributed by atoms with Crippen LogP contribution in [-0.2, 0) is 0 Å². The van der Waals surface area contributed by atoms with E-state index in [0.29, 0.717) is 0 Å². The molecule has 0 N–H and O–H groups in total. The second-order valence-corrected chi connectivity index (χ2v) is 4.51. The monoisotopic (exact) mass is 182 g/mol. The third kappa shape index (κ3) is 9.66. The first-order valence-electron chi connectivity index (χ1n) is 5.83. The third-order valence-electron chi connectivity index (χ3n) is 2.33. The quantitative estimate of drug-likeness (QED) is 0.368. The van der Waals surface area contributed by atoms with Crippen molar-refractivity contribution < 1.29 is 0 Å². The van der Waals surface area contributed by atoms with Crippen LogP contribution in [-0.4, -0.2) is 0 Å². The van der Waals surface area contributed by atoms with E-state index in [4.69, 9.17) is 0 Å². The van der Waals surface area contributed by atoms with Crippen LogP contribution in [0.2, 0.25) is 0 Å². The maximum atomic E-state index is 4.11. The highest BCUT2D eigenvalue weighted by Crippen LogP contribution is 2.16. The van der Waals surface area contributed by atoms with Gasteiger partial charge in [-0.05, 0) is 25.2 Å². The molecule has 0 saturated heterocycles. The summed E-state index contributed by atoms with van der Waals surface area (Å²) >= 11 is 0. The number of hydrogen-bond donors (Lipinski definition) is 0. The van der Waals surface area contributed by atoms with Crippen molar-refractivity contribution >= 4 is 0 Å². The van der Waals surface area contributed by atoms with Gasteiger partial charge in [-0.1, -0.05) is 58.6 Å². The molecule has 0 amide bonds. The molecular weight excluding hydrogens is 156 g/mol. The largest absolute Gasteiger partial charge is 0.0999 e. The van der Waals surface area contributed by atoms with E-state index in [1.54, 1.807) is 0 Å². The molecule has 0 bridgehead atoms. The average Bonchev–Trinajstić information content (AvgIpc) is 2.02.